The van der Waals surface area contributed by atoms with Crippen LogP contribution >= 0.6 is 11.3 Å². The number of aromatic nitrogens is 5. The third-order valence-corrected chi connectivity index (χ3v) is 6.93. The molecule has 1 aliphatic heterocycles. The van der Waals surface area contributed by atoms with E-state index in [1.54, 1.807) is 18.4 Å². The van der Waals surface area contributed by atoms with Crippen molar-refractivity contribution in [1.29, 1.82) is 0 Å². The van der Waals surface area contributed by atoms with Gasteiger partial charge in [0.15, 0.2) is 5.82 Å². The molecule has 3 aromatic heterocycles. The van der Waals surface area contributed by atoms with Crippen LogP contribution in [0.5, 0.6) is 5.75 Å². The zero-order valence-corrected chi connectivity index (χ0v) is 19.4. The molecule has 8 nitrogen and oxygen atoms in total. The monoisotopic (exact) mass is 461 g/mol. The van der Waals surface area contributed by atoms with Crippen LogP contribution in [0.1, 0.15) is 27.9 Å². The van der Waals surface area contributed by atoms with E-state index in [2.05, 4.69) is 66.0 Å². The van der Waals surface area contributed by atoms with E-state index < -0.39 is 0 Å². The molecule has 1 saturated heterocycles. The molecular weight excluding hydrogens is 434 g/mol. The second-order valence-electron chi connectivity index (χ2n) is 8.13. The topological polar surface area (TPSA) is 72.2 Å². The minimum Gasteiger partial charge on any atom is -0.497 e. The fourth-order valence-electron chi connectivity index (χ4n) is 4.27. The number of rotatable bonds is 8. The first-order valence-electron chi connectivity index (χ1n) is 11.1. The summed E-state index contributed by atoms with van der Waals surface area (Å²) in [5.74, 6) is 1.73. The smallest absolute Gasteiger partial charge is 0.174 e. The molecule has 0 aliphatic carbocycles. The Morgan fingerprint density at radius 3 is 2.52 bits per heavy atom. The number of methoxy groups -OCH3 is 1. The molecule has 170 valence electrons. The van der Waals surface area contributed by atoms with Gasteiger partial charge in [-0.05, 0) is 51.2 Å². The maximum Gasteiger partial charge on any atom is 0.174 e. The van der Waals surface area contributed by atoms with Gasteiger partial charge in [-0.2, -0.15) is 0 Å². The van der Waals surface area contributed by atoms with E-state index in [1.165, 1.54) is 10.4 Å². The van der Waals surface area contributed by atoms with Crippen molar-refractivity contribution in [2.45, 2.75) is 19.1 Å². The number of pyridine rings is 1. The largest absolute Gasteiger partial charge is 0.497 e. The predicted molar refractivity (Wildman–Crippen MR) is 127 cm³/mol. The second-order valence-corrected chi connectivity index (χ2v) is 9.11. The number of benzene rings is 1. The van der Waals surface area contributed by atoms with Crippen molar-refractivity contribution in [1.82, 2.24) is 35.0 Å². The lowest BCUT2D eigenvalue weighted by Gasteiger charge is -2.38. The van der Waals surface area contributed by atoms with Gasteiger partial charge in [0, 0.05) is 50.0 Å². The van der Waals surface area contributed by atoms with E-state index in [0.717, 1.165) is 49.9 Å². The number of piperazine rings is 1. The van der Waals surface area contributed by atoms with E-state index in [1.807, 2.05) is 35.3 Å². The van der Waals surface area contributed by atoms with Gasteiger partial charge in [0.25, 0.3) is 0 Å². The molecule has 0 radical (unpaired) electrons. The average molecular weight is 462 g/mol. The molecule has 1 atom stereocenters. The SMILES string of the molecule is COc1ccc(Cn2nnnc2[C@H](c2cccs2)N2CCN(Cc3cccnc3)CC2)cc1. The van der Waals surface area contributed by atoms with Gasteiger partial charge in [0.2, 0.25) is 0 Å². The van der Waals surface area contributed by atoms with Crippen LogP contribution in [0.25, 0.3) is 0 Å². The molecule has 1 aliphatic rings. The molecule has 0 amide bonds. The highest BCUT2D eigenvalue weighted by Gasteiger charge is 2.31. The van der Waals surface area contributed by atoms with Gasteiger partial charge in [-0.15, -0.1) is 16.4 Å². The summed E-state index contributed by atoms with van der Waals surface area (Å²) in [7, 11) is 1.68. The van der Waals surface area contributed by atoms with Crippen molar-refractivity contribution in [3.8, 4) is 5.75 Å². The average Bonchev–Trinajstić information content (AvgIpc) is 3.55. The first-order chi connectivity index (χ1) is 16.3. The van der Waals surface area contributed by atoms with Crippen LogP contribution < -0.4 is 4.74 Å². The summed E-state index contributed by atoms with van der Waals surface area (Å²) in [5, 5.41) is 15.0. The lowest BCUT2D eigenvalue weighted by molar-refractivity contribution is 0.101. The number of tetrazole rings is 1. The molecule has 0 spiro atoms. The van der Waals surface area contributed by atoms with Crippen molar-refractivity contribution >= 4 is 11.3 Å². The summed E-state index contributed by atoms with van der Waals surface area (Å²) in [6, 6.07) is 16.5. The lowest BCUT2D eigenvalue weighted by atomic mass is 10.1. The van der Waals surface area contributed by atoms with Crippen LogP contribution in [0.15, 0.2) is 66.3 Å². The quantitative estimate of drug-likeness (QED) is 0.399. The first kappa shape index (κ1) is 21.7. The zero-order valence-electron chi connectivity index (χ0n) is 18.6. The minimum absolute atomic E-state index is 0.0405. The van der Waals surface area contributed by atoms with E-state index in [0.29, 0.717) is 6.54 Å². The Bertz CT molecular complexity index is 1120. The standard InChI is InChI=1S/C24H27N7OS/c1-32-21-8-6-19(7-9-21)18-31-24(26-27-28-31)23(22-5-3-15-33-22)30-13-11-29(12-14-30)17-20-4-2-10-25-16-20/h2-10,15-16,23H,11-14,17-18H2,1H3/t23-/m0/s1. The molecule has 0 bridgehead atoms. The highest BCUT2D eigenvalue weighted by molar-refractivity contribution is 7.10. The van der Waals surface area contributed by atoms with Gasteiger partial charge < -0.3 is 4.74 Å². The molecule has 4 heterocycles. The number of thiophene rings is 1. The summed E-state index contributed by atoms with van der Waals surface area (Å²) in [6.07, 6.45) is 3.78. The molecule has 9 heteroatoms. The molecule has 0 N–H and O–H groups in total. The Hall–Kier alpha value is -3.14. The zero-order chi connectivity index (χ0) is 22.5. The van der Waals surface area contributed by atoms with E-state index in [9.17, 15) is 0 Å². The summed E-state index contributed by atoms with van der Waals surface area (Å²) >= 11 is 1.76. The van der Waals surface area contributed by atoms with E-state index >= 15 is 0 Å². The molecule has 0 unspecified atom stereocenters. The number of hydrogen-bond donors (Lipinski definition) is 0. The molecule has 5 rings (SSSR count). The molecular formula is C24H27N7OS. The van der Waals surface area contributed by atoms with Gasteiger partial charge in [-0.1, -0.05) is 24.3 Å². The van der Waals surface area contributed by atoms with E-state index in [-0.39, 0.29) is 6.04 Å². The van der Waals surface area contributed by atoms with Crippen LogP contribution in [-0.4, -0.2) is 68.3 Å². The van der Waals surface area contributed by atoms with Gasteiger partial charge >= 0.3 is 0 Å². The summed E-state index contributed by atoms with van der Waals surface area (Å²) < 4.78 is 7.21. The number of hydrogen-bond acceptors (Lipinski definition) is 8. The molecule has 4 aromatic rings. The van der Waals surface area contributed by atoms with E-state index in [4.69, 9.17) is 4.74 Å². The van der Waals surface area contributed by atoms with Crippen LogP contribution in [0.2, 0.25) is 0 Å². The molecule has 1 aromatic carbocycles. The van der Waals surface area contributed by atoms with Crippen molar-refractivity contribution in [3.05, 3.63) is 88.1 Å². The number of nitrogens with zero attached hydrogens (tertiary/aromatic N) is 7. The fraction of sp³-hybridized carbons (Fsp3) is 0.333. The predicted octanol–water partition coefficient (Wildman–Crippen LogP) is 3.09. The van der Waals surface area contributed by atoms with Gasteiger partial charge in [-0.25, -0.2) is 4.68 Å². The fourth-order valence-corrected chi connectivity index (χ4v) is 5.13. The Morgan fingerprint density at radius 1 is 0.970 bits per heavy atom. The summed E-state index contributed by atoms with van der Waals surface area (Å²) in [5.41, 5.74) is 2.39. The van der Waals surface area contributed by atoms with Crippen LogP contribution in [0.4, 0.5) is 0 Å². The second kappa shape index (κ2) is 10.2. The highest BCUT2D eigenvalue weighted by atomic mass is 32.1. The van der Waals surface area contributed by atoms with Gasteiger partial charge in [-0.3, -0.25) is 14.8 Å². The first-order valence-corrected chi connectivity index (χ1v) is 12.0. The lowest BCUT2D eigenvalue weighted by Crippen LogP contribution is -2.47. The maximum atomic E-state index is 5.28. The van der Waals surface area contributed by atoms with Crippen LogP contribution in [0.3, 0.4) is 0 Å². The minimum atomic E-state index is 0.0405. The van der Waals surface area contributed by atoms with Gasteiger partial charge in [0.1, 0.15) is 11.8 Å². The molecule has 0 saturated carbocycles. The normalized spacial score (nSPS) is 16.0. The summed E-state index contributed by atoms with van der Waals surface area (Å²) in [4.78, 5) is 10.5. The van der Waals surface area contributed by atoms with Crippen LogP contribution in [0, 0.1) is 0 Å². The Morgan fingerprint density at radius 2 is 1.82 bits per heavy atom. The Labute approximate surface area is 197 Å². The molecule has 33 heavy (non-hydrogen) atoms. The van der Waals surface area contributed by atoms with Gasteiger partial charge in [0.05, 0.1) is 13.7 Å². The Balaban J connectivity index is 1.33. The van der Waals surface area contributed by atoms with Crippen molar-refractivity contribution in [3.63, 3.8) is 0 Å². The Kier molecular flexibility index (Phi) is 6.71. The summed E-state index contributed by atoms with van der Waals surface area (Å²) in [6.45, 7) is 5.46. The van der Waals surface area contributed by atoms with Crippen molar-refractivity contribution in [2.75, 3.05) is 33.3 Å². The number of ether oxygens (including phenoxy) is 1. The van der Waals surface area contributed by atoms with Crippen molar-refractivity contribution in [2.24, 2.45) is 0 Å². The van der Waals surface area contributed by atoms with Crippen molar-refractivity contribution < 1.29 is 4.74 Å². The van der Waals surface area contributed by atoms with Crippen LogP contribution in [-0.2, 0) is 13.1 Å². The highest BCUT2D eigenvalue weighted by Crippen LogP contribution is 2.31. The maximum absolute atomic E-state index is 5.28. The molecule has 1 fully saturated rings. The third kappa shape index (κ3) is 5.11. The third-order valence-electron chi connectivity index (χ3n) is 6.01.